The van der Waals surface area contributed by atoms with Gasteiger partial charge in [-0.05, 0) is 55.9 Å². The Morgan fingerprint density at radius 3 is 2.84 bits per heavy atom. The summed E-state index contributed by atoms with van der Waals surface area (Å²) in [6.45, 7) is 2.35. The predicted molar refractivity (Wildman–Crippen MR) is 121 cm³/mol. The van der Waals surface area contributed by atoms with Gasteiger partial charge in [0.25, 0.3) is 0 Å². The van der Waals surface area contributed by atoms with Gasteiger partial charge in [-0.15, -0.1) is 0 Å². The van der Waals surface area contributed by atoms with Crippen LogP contribution in [0.3, 0.4) is 0 Å². The van der Waals surface area contributed by atoms with Gasteiger partial charge in [-0.1, -0.05) is 41.6 Å². The summed E-state index contributed by atoms with van der Waals surface area (Å²) in [6.07, 6.45) is 2.36. The van der Waals surface area contributed by atoms with E-state index in [9.17, 15) is 12.8 Å². The molecule has 0 radical (unpaired) electrons. The van der Waals surface area contributed by atoms with Crippen LogP contribution in [-0.4, -0.2) is 44.2 Å². The van der Waals surface area contributed by atoms with Crippen molar-refractivity contribution >= 4 is 31.8 Å². The van der Waals surface area contributed by atoms with Crippen molar-refractivity contribution in [1.82, 2.24) is 14.8 Å². The number of nitrogens with zero attached hydrogens (tertiary/aromatic N) is 2. The van der Waals surface area contributed by atoms with E-state index in [2.05, 4.69) is 14.8 Å². The fraction of sp³-hybridized carbons (Fsp3) is 0.292. The molecule has 2 heterocycles. The van der Waals surface area contributed by atoms with Gasteiger partial charge in [0.05, 0.1) is 10.6 Å². The number of halogens is 1. The average molecular weight is 454 g/mol. The van der Waals surface area contributed by atoms with E-state index in [1.54, 1.807) is 18.2 Å². The fourth-order valence-electron chi connectivity index (χ4n) is 4.46. The molecule has 0 spiro atoms. The van der Waals surface area contributed by atoms with Crippen molar-refractivity contribution in [1.29, 1.82) is 0 Å². The van der Waals surface area contributed by atoms with Crippen molar-refractivity contribution in [2.45, 2.75) is 30.2 Å². The summed E-state index contributed by atoms with van der Waals surface area (Å²) in [4.78, 5) is 2.58. The molecular formula is C24H24FN3O3S. The van der Waals surface area contributed by atoms with Crippen LogP contribution in [0.4, 0.5) is 4.39 Å². The minimum absolute atomic E-state index is 0.116. The van der Waals surface area contributed by atoms with E-state index in [0.717, 1.165) is 54.2 Å². The Kier molecular flexibility index (Phi) is 5.67. The number of hydrogen-bond donors (Lipinski definition) is 1. The van der Waals surface area contributed by atoms with Gasteiger partial charge >= 0.3 is 0 Å². The number of sulfonamides is 1. The topological polar surface area (TPSA) is 75.4 Å². The van der Waals surface area contributed by atoms with Gasteiger partial charge < -0.3 is 9.42 Å². The Balaban J connectivity index is 1.18. The van der Waals surface area contributed by atoms with Crippen molar-refractivity contribution in [3.8, 4) is 0 Å². The minimum Gasteiger partial charge on any atom is -0.356 e. The maximum Gasteiger partial charge on any atom is 0.241 e. The monoisotopic (exact) mass is 453 g/mol. The lowest BCUT2D eigenvalue weighted by molar-refractivity contribution is 0.326. The third kappa shape index (κ3) is 4.26. The zero-order valence-corrected chi connectivity index (χ0v) is 18.3. The Hall–Kier alpha value is -2.81. The van der Waals surface area contributed by atoms with Crippen molar-refractivity contribution in [3.05, 3.63) is 72.2 Å². The fourth-order valence-corrected chi connectivity index (χ4v) is 5.95. The van der Waals surface area contributed by atoms with Crippen LogP contribution >= 0.6 is 0 Å². The number of aryl methyl sites for hydroxylation is 1. The van der Waals surface area contributed by atoms with E-state index in [-0.39, 0.29) is 11.9 Å². The molecule has 1 unspecified atom stereocenters. The summed E-state index contributed by atoms with van der Waals surface area (Å²) < 4.78 is 47.5. The number of aromatic nitrogens is 1. The second-order valence-corrected chi connectivity index (χ2v) is 9.94. The normalized spacial score (nSPS) is 17.5. The van der Waals surface area contributed by atoms with E-state index < -0.39 is 10.0 Å². The first-order valence-electron chi connectivity index (χ1n) is 10.8. The summed E-state index contributed by atoms with van der Waals surface area (Å²) in [5, 5.41) is 6.55. The second-order valence-electron chi connectivity index (χ2n) is 8.26. The molecule has 0 amide bonds. The first-order chi connectivity index (χ1) is 15.5. The van der Waals surface area contributed by atoms with Gasteiger partial charge in [-0.3, -0.25) is 0 Å². The highest BCUT2D eigenvalue weighted by Crippen LogP contribution is 2.24. The third-order valence-corrected chi connectivity index (χ3v) is 7.61. The second kappa shape index (κ2) is 8.61. The highest BCUT2D eigenvalue weighted by molar-refractivity contribution is 7.89. The van der Waals surface area contributed by atoms with Gasteiger partial charge in [-0.2, -0.15) is 0 Å². The molecule has 1 aromatic heterocycles. The van der Waals surface area contributed by atoms with E-state index in [4.69, 9.17) is 4.52 Å². The standard InChI is InChI=1S/C24H24FN3O3S/c25-18-10-11-21-22(26-31-23(21)15-18)8-4-13-28-14-12-19(16-28)27-32(29,30)24-9-3-6-17-5-1-2-7-20(17)24/h1-3,5-7,9-11,15,19,27H,4,8,12-14,16H2. The largest absolute Gasteiger partial charge is 0.356 e. The quantitative estimate of drug-likeness (QED) is 0.456. The molecule has 0 aliphatic carbocycles. The third-order valence-electron chi connectivity index (χ3n) is 6.03. The van der Waals surface area contributed by atoms with Crippen LogP contribution in [0, 0.1) is 5.82 Å². The maximum atomic E-state index is 13.3. The molecule has 1 aliphatic rings. The van der Waals surface area contributed by atoms with Crippen molar-refractivity contribution in [2.24, 2.45) is 0 Å². The van der Waals surface area contributed by atoms with Crippen LogP contribution in [0.5, 0.6) is 0 Å². The molecule has 1 N–H and O–H groups in total. The van der Waals surface area contributed by atoms with Crippen molar-refractivity contribution in [3.63, 3.8) is 0 Å². The van der Waals surface area contributed by atoms with Gasteiger partial charge in [0, 0.05) is 29.4 Å². The van der Waals surface area contributed by atoms with Gasteiger partial charge in [0.1, 0.15) is 5.82 Å². The molecule has 1 aliphatic heterocycles. The van der Waals surface area contributed by atoms with Crippen LogP contribution in [0.15, 0.2) is 70.1 Å². The minimum atomic E-state index is -3.61. The number of hydrogen-bond acceptors (Lipinski definition) is 5. The summed E-state index contributed by atoms with van der Waals surface area (Å²) in [6, 6.07) is 17.2. The molecule has 166 valence electrons. The molecule has 3 aromatic carbocycles. The molecule has 1 fully saturated rings. The summed E-state index contributed by atoms with van der Waals surface area (Å²) >= 11 is 0. The van der Waals surface area contributed by atoms with E-state index in [0.29, 0.717) is 17.0 Å². The number of likely N-dealkylation sites (tertiary alicyclic amines) is 1. The molecule has 1 atom stereocenters. The molecule has 5 rings (SSSR count). The van der Waals surface area contributed by atoms with E-state index in [1.807, 2.05) is 30.3 Å². The van der Waals surface area contributed by atoms with Crippen LogP contribution in [-0.2, 0) is 16.4 Å². The Bertz CT molecular complexity index is 1360. The molecular weight excluding hydrogens is 429 g/mol. The van der Waals surface area contributed by atoms with Crippen molar-refractivity contribution in [2.75, 3.05) is 19.6 Å². The summed E-state index contributed by atoms with van der Waals surface area (Å²) in [5.74, 6) is -0.339. The van der Waals surface area contributed by atoms with Gasteiger partial charge in [0.15, 0.2) is 5.58 Å². The number of rotatable bonds is 7. The Labute approximate surface area is 186 Å². The van der Waals surface area contributed by atoms with Gasteiger partial charge in [0.2, 0.25) is 10.0 Å². The maximum absolute atomic E-state index is 13.3. The van der Waals surface area contributed by atoms with E-state index in [1.165, 1.54) is 12.1 Å². The lowest BCUT2D eigenvalue weighted by Crippen LogP contribution is -2.37. The smallest absolute Gasteiger partial charge is 0.241 e. The highest BCUT2D eigenvalue weighted by Gasteiger charge is 2.28. The molecule has 4 aromatic rings. The summed E-state index contributed by atoms with van der Waals surface area (Å²) in [5.41, 5.74) is 1.29. The Morgan fingerprint density at radius 1 is 1.09 bits per heavy atom. The lowest BCUT2D eigenvalue weighted by atomic mass is 10.1. The van der Waals surface area contributed by atoms with Gasteiger partial charge in [-0.25, -0.2) is 17.5 Å². The van der Waals surface area contributed by atoms with Crippen LogP contribution in [0.25, 0.3) is 21.7 Å². The highest BCUT2D eigenvalue weighted by atomic mass is 32.2. The molecule has 0 saturated carbocycles. The average Bonchev–Trinajstić information content (AvgIpc) is 3.39. The van der Waals surface area contributed by atoms with Crippen LogP contribution in [0.2, 0.25) is 0 Å². The SMILES string of the molecule is O=S(=O)(NC1CCN(CCCc2noc3cc(F)ccc23)C1)c1cccc2ccccc12. The van der Waals surface area contributed by atoms with E-state index >= 15 is 0 Å². The molecule has 0 bridgehead atoms. The molecule has 1 saturated heterocycles. The number of benzene rings is 3. The Morgan fingerprint density at radius 2 is 1.94 bits per heavy atom. The molecule has 6 nitrogen and oxygen atoms in total. The predicted octanol–water partition coefficient (Wildman–Crippen LogP) is 4.11. The first-order valence-corrected chi connectivity index (χ1v) is 12.2. The van der Waals surface area contributed by atoms with Crippen LogP contribution in [0.1, 0.15) is 18.5 Å². The summed E-state index contributed by atoms with van der Waals surface area (Å²) in [7, 11) is -3.61. The first kappa shape index (κ1) is 21.1. The molecule has 8 heteroatoms. The van der Waals surface area contributed by atoms with Crippen molar-refractivity contribution < 1.29 is 17.3 Å². The number of nitrogens with one attached hydrogen (secondary N) is 1. The zero-order valence-electron chi connectivity index (χ0n) is 17.5. The lowest BCUT2D eigenvalue weighted by Gasteiger charge is -2.17. The zero-order chi connectivity index (χ0) is 22.1. The van der Waals surface area contributed by atoms with Crippen LogP contribution < -0.4 is 4.72 Å². The number of fused-ring (bicyclic) bond motifs is 2. The molecule has 32 heavy (non-hydrogen) atoms.